The first-order chi connectivity index (χ1) is 10.1. The summed E-state index contributed by atoms with van der Waals surface area (Å²) in [6.07, 6.45) is 2.57. The quantitative estimate of drug-likeness (QED) is 0.828. The van der Waals surface area contributed by atoms with Crippen LogP contribution in [0.25, 0.3) is 11.1 Å². The van der Waals surface area contributed by atoms with Crippen molar-refractivity contribution < 1.29 is 19.7 Å². The second-order valence-corrected chi connectivity index (χ2v) is 4.83. The van der Waals surface area contributed by atoms with Crippen molar-refractivity contribution in [2.24, 2.45) is 0 Å². The van der Waals surface area contributed by atoms with Crippen LogP contribution in [0.1, 0.15) is 17.2 Å². The molecular weight excluding hydrogens is 270 g/mol. The Kier molecular flexibility index (Phi) is 3.10. The molecule has 21 heavy (non-hydrogen) atoms. The predicted octanol–water partition coefficient (Wildman–Crippen LogP) is 2.98. The molecule has 1 atom stereocenters. The van der Waals surface area contributed by atoms with Crippen LogP contribution in [0.5, 0.6) is 0 Å². The molecule has 1 aliphatic heterocycles. The van der Waals surface area contributed by atoms with E-state index in [1.165, 1.54) is 0 Å². The molecule has 0 amide bonds. The van der Waals surface area contributed by atoms with Crippen molar-refractivity contribution in [3.63, 3.8) is 0 Å². The van der Waals surface area contributed by atoms with E-state index >= 15 is 0 Å². The molecule has 0 bridgehead atoms. The van der Waals surface area contributed by atoms with Crippen molar-refractivity contribution in [1.29, 1.82) is 0 Å². The number of hydrogen-bond acceptors (Lipinski definition) is 5. The summed E-state index contributed by atoms with van der Waals surface area (Å²) in [6, 6.07) is 9.13. The fraction of sp³-hybridized carbons (Fsp3) is 0.125. The van der Waals surface area contributed by atoms with E-state index in [0.29, 0.717) is 5.56 Å². The first-order valence-electron chi connectivity index (χ1n) is 6.42. The summed E-state index contributed by atoms with van der Waals surface area (Å²) in [5, 5.41) is 19.0. The lowest BCUT2D eigenvalue weighted by Gasteiger charge is -2.11. The van der Waals surface area contributed by atoms with Crippen LogP contribution in [0.3, 0.4) is 0 Å². The Morgan fingerprint density at radius 3 is 2.43 bits per heavy atom. The van der Waals surface area contributed by atoms with Gasteiger partial charge in [-0.1, -0.05) is 24.3 Å². The molecule has 2 heterocycles. The zero-order valence-electron chi connectivity index (χ0n) is 11.3. The van der Waals surface area contributed by atoms with E-state index in [1.54, 1.807) is 24.5 Å². The molecule has 1 aromatic heterocycles. The van der Waals surface area contributed by atoms with Crippen molar-refractivity contribution in [1.82, 2.24) is 4.98 Å². The maximum Gasteiger partial charge on any atom is 0.378 e. The lowest BCUT2D eigenvalue weighted by molar-refractivity contribution is -0.142. The number of rotatable bonds is 2. The average Bonchev–Trinajstić information content (AvgIpc) is 2.76. The fourth-order valence-corrected chi connectivity index (χ4v) is 2.28. The molecule has 106 valence electrons. The molecule has 5 nitrogen and oxygen atoms in total. The van der Waals surface area contributed by atoms with Crippen molar-refractivity contribution in [3.05, 3.63) is 65.4 Å². The van der Waals surface area contributed by atoms with Gasteiger partial charge in [-0.3, -0.25) is 4.98 Å². The van der Waals surface area contributed by atoms with Gasteiger partial charge in [0.1, 0.15) is 0 Å². The molecule has 1 unspecified atom stereocenters. The van der Waals surface area contributed by atoms with E-state index in [-0.39, 0.29) is 0 Å². The fourth-order valence-electron chi connectivity index (χ4n) is 2.28. The van der Waals surface area contributed by atoms with E-state index in [1.807, 2.05) is 25.1 Å². The van der Waals surface area contributed by atoms with Crippen molar-refractivity contribution >= 4 is 5.97 Å². The van der Waals surface area contributed by atoms with Crippen molar-refractivity contribution in [2.45, 2.75) is 13.0 Å². The van der Waals surface area contributed by atoms with Gasteiger partial charge in [-0.25, -0.2) is 4.79 Å². The Morgan fingerprint density at radius 2 is 1.86 bits per heavy atom. The molecule has 0 fully saturated rings. The van der Waals surface area contributed by atoms with Crippen LogP contribution in [0.15, 0.2) is 54.2 Å². The van der Waals surface area contributed by atoms with Crippen LogP contribution in [-0.4, -0.2) is 21.2 Å². The normalized spacial score (nSPS) is 18.0. The number of hydrogen-bond donors (Lipinski definition) is 2. The zero-order valence-corrected chi connectivity index (χ0v) is 11.3. The van der Waals surface area contributed by atoms with Crippen LogP contribution < -0.4 is 0 Å². The molecule has 0 radical (unpaired) electrons. The first-order valence-corrected chi connectivity index (χ1v) is 6.42. The molecule has 0 spiro atoms. The number of esters is 1. The number of aryl methyl sites for hydroxylation is 1. The number of cyclic esters (lactones) is 1. The summed E-state index contributed by atoms with van der Waals surface area (Å²) in [4.78, 5) is 15.3. The number of carbonyl (C=O) groups excluding carboxylic acids is 1. The third-order valence-electron chi connectivity index (χ3n) is 3.47. The Balaban J connectivity index is 1.93. The van der Waals surface area contributed by atoms with Crippen LogP contribution in [0.4, 0.5) is 0 Å². The number of aliphatic hydroxyl groups excluding tert-OH is 2. The highest BCUT2D eigenvalue weighted by Crippen LogP contribution is 2.33. The van der Waals surface area contributed by atoms with Crippen LogP contribution in [0, 0.1) is 6.92 Å². The van der Waals surface area contributed by atoms with Gasteiger partial charge in [0.15, 0.2) is 11.9 Å². The first kappa shape index (κ1) is 13.2. The van der Waals surface area contributed by atoms with Crippen molar-refractivity contribution in [2.75, 3.05) is 0 Å². The van der Waals surface area contributed by atoms with E-state index < -0.39 is 23.6 Å². The standard InChI is InChI=1S/C16H13NO4/c1-9-6-7-17-8-12(9)10-2-4-11(5-3-10)15-13(18)14(19)16(20)21-15/h2-8,15,18-19H,1H3. The molecule has 5 heteroatoms. The van der Waals surface area contributed by atoms with Gasteiger partial charge in [0, 0.05) is 23.5 Å². The summed E-state index contributed by atoms with van der Waals surface area (Å²) in [6.45, 7) is 2.00. The van der Waals surface area contributed by atoms with Crippen molar-refractivity contribution in [3.8, 4) is 11.1 Å². The van der Waals surface area contributed by atoms with Crippen LogP contribution in [0.2, 0.25) is 0 Å². The number of aliphatic hydroxyl groups is 2. The number of nitrogens with zero attached hydrogens (tertiary/aromatic N) is 1. The highest BCUT2D eigenvalue weighted by Gasteiger charge is 2.35. The highest BCUT2D eigenvalue weighted by atomic mass is 16.6. The molecular formula is C16H13NO4. The Morgan fingerprint density at radius 1 is 1.14 bits per heavy atom. The summed E-state index contributed by atoms with van der Waals surface area (Å²) in [5.74, 6) is -2.10. The van der Waals surface area contributed by atoms with Gasteiger partial charge in [-0.05, 0) is 24.1 Å². The SMILES string of the molecule is Cc1ccncc1-c1ccc(C2OC(=O)C(O)=C2O)cc1. The summed E-state index contributed by atoms with van der Waals surface area (Å²) in [7, 11) is 0. The van der Waals surface area contributed by atoms with E-state index in [9.17, 15) is 15.0 Å². The maximum absolute atomic E-state index is 11.2. The van der Waals surface area contributed by atoms with Gasteiger partial charge in [0.25, 0.3) is 0 Å². The minimum Gasteiger partial charge on any atom is -0.505 e. The predicted molar refractivity (Wildman–Crippen MR) is 75.5 cm³/mol. The number of benzene rings is 1. The summed E-state index contributed by atoms with van der Waals surface area (Å²) in [5.41, 5.74) is 3.68. The Labute approximate surface area is 121 Å². The third kappa shape index (κ3) is 2.23. The van der Waals surface area contributed by atoms with Crippen LogP contribution in [-0.2, 0) is 9.53 Å². The van der Waals surface area contributed by atoms with Gasteiger partial charge < -0.3 is 14.9 Å². The monoisotopic (exact) mass is 283 g/mol. The number of ether oxygens (including phenoxy) is 1. The van der Waals surface area contributed by atoms with Gasteiger partial charge in [-0.15, -0.1) is 0 Å². The average molecular weight is 283 g/mol. The Bertz CT molecular complexity index is 734. The van der Waals surface area contributed by atoms with Gasteiger partial charge in [0.05, 0.1) is 0 Å². The molecule has 2 N–H and O–H groups in total. The molecule has 3 rings (SSSR count). The van der Waals surface area contributed by atoms with E-state index in [4.69, 9.17) is 4.74 Å². The lowest BCUT2D eigenvalue weighted by Crippen LogP contribution is -2.03. The van der Waals surface area contributed by atoms with Gasteiger partial charge in [0.2, 0.25) is 5.76 Å². The number of aromatic nitrogens is 1. The molecule has 1 aliphatic rings. The molecule has 0 saturated carbocycles. The number of pyridine rings is 1. The molecule has 1 aromatic carbocycles. The number of carbonyl (C=O) groups is 1. The molecule has 0 aliphatic carbocycles. The maximum atomic E-state index is 11.2. The topological polar surface area (TPSA) is 79.7 Å². The van der Waals surface area contributed by atoms with E-state index in [2.05, 4.69) is 4.98 Å². The lowest BCUT2D eigenvalue weighted by atomic mass is 10.00. The highest BCUT2D eigenvalue weighted by molar-refractivity contribution is 5.89. The molecule has 2 aromatic rings. The van der Waals surface area contributed by atoms with E-state index in [0.717, 1.165) is 16.7 Å². The smallest absolute Gasteiger partial charge is 0.378 e. The molecule has 0 saturated heterocycles. The van der Waals surface area contributed by atoms with Gasteiger partial charge in [-0.2, -0.15) is 0 Å². The largest absolute Gasteiger partial charge is 0.505 e. The third-order valence-corrected chi connectivity index (χ3v) is 3.47. The second-order valence-electron chi connectivity index (χ2n) is 4.83. The Hall–Kier alpha value is -2.82. The second kappa shape index (κ2) is 4.94. The minimum absolute atomic E-state index is 0.453. The minimum atomic E-state index is -0.943. The zero-order chi connectivity index (χ0) is 15.0. The van der Waals surface area contributed by atoms with Crippen LogP contribution >= 0.6 is 0 Å². The van der Waals surface area contributed by atoms with Gasteiger partial charge >= 0.3 is 5.97 Å². The summed E-state index contributed by atoms with van der Waals surface area (Å²) >= 11 is 0. The summed E-state index contributed by atoms with van der Waals surface area (Å²) < 4.78 is 4.92.